The van der Waals surface area contributed by atoms with Crippen LogP contribution in [0, 0.1) is 0 Å². The van der Waals surface area contributed by atoms with Gasteiger partial charge in [-0.15, -0.1) is 0 Å². The molecule has 1 heterocycles. The van der Waals surface area contributed by atoms with E-state index >= 15 is 0 Å². The molecule has 126 valence electrons. The number of phenols is 1. The smallest absolute Gasteiger partial charge is 0.131 e. The van der Waals surface area contributed by atoms with Crippen molar-refractivity contribution in [1.29, 1.82) is 0 Å². The number of aromatic hydroxyl groups is 1. The number of hydrogen-bond acceptors (Lipinski definition) is 2. The number of rotatable bonds is 7. The van der Waals surface area contributed by atoms with Gasteiger partial charge >= 0.3 is 0 Å². The van der Waals surface area contributed by atoms with Crippen LogP contribution in [-0.4, -0.2) is 10.7 Å². The van der Waals surface area contributed by atoms with Crippen LogP contribution in [0.4, 0.5) is 0 Å². The lowest BCUT2D eigenvalue weighted by Crippen LogP contribution is -2.31. The van der Waals surface area contributed by atoms with E-state index in [0.29, 0.717) is 17.7 Å². The van der Waals surface area contributed by atoms with Gasteiger partial charge in [-0.1, -0.05) is 31.2 Å². The molecule has 2 rings (SSSR count). The van der Waals surface area contributed by atoms with Crippen molar-refractivity contribution < 1.29 is 22.2 Å². The molecule has 0 spiro atoms. The van der Waals surface area contributed by atoms with Gasteiger partial charge in [0.15, 0.2) is 0 Å². The van der Waals surface area contributed by atoms with Gasteiger partial charge in [0.05, 0.1) is 5.56 Å². The Morgan fingerprint density at radius 1 is 1.39 bits per heavy atom. The van der Waals surface area contributed by atoms with Crippen molar-refractivity contribution in [2.24, 2.45) is 0 Å². The molecular weight excluding hydrogens is 284 g/mol. The summed E-state index contributed by atoms with van der Waals surface area (Å²) in [5, 5.41) is 10.4. The van der Waals surface area contributed by atoms with Crippen LogP contribution in [0.5, 0.6) is 11.5 Å². The van der Waals surface area contributed by atoms with E-state index in [1.54, 1.807) is 6.08 Å². The summed E-state index contributed by atoms with van der Waals surface area (Å²) in [7, 11) is 0. The summed E-state index contributed by atoms with van der Waals surface area (Å²) in [5.74, 6) is 0.118. The molecule has 0 aliphatic carbocycles. The number of benzene rings is 1. The average molecular weight is 324 g/mol. The van der Waals surface area contributed by atoms with E-state index < -0.39 is 38.0 Å². The topological polar surface area (TPSA) is 29.5 Å². The average Bonchev–Trinajstić information content (AvgIpc) is 2.59. The van der Waals surface area contributed by atoms with E-state index in [9.17, 15) is 5.11 Å². The SMILES string of the molecule is [2H]C([2H])([2H])C([2H])([2H])C([2H])([2H])C([2H])([2H])Cc1cc(O)c2c(c1)OC(C)(CCC=C(C)C)C=C2. The van der Waals surface area contributed by atoms with Crippen molar-refractivity contribution in [2.45, 2.75) is 71.6 Å². The Morgan fingerprint density at radius 3 is 2.96 bits per heavy atom. The van der Waals surface area contributed by atoms with Gasteiger partial charge in [0, 0.05) is 12.3 Å². The van der Waals surface area contributed by atoms with E-state index in [4.69, 9.17) is 17.1 Å². The van der Waals surface area contributed by atoms with Crippen molar-refractivity contribution in [3.8, 4) is 11.5 Å². The van der Waals surface area contributed by atoms with E-state index in [0.717, 1.165) is 6.42 Å². The number of phenolic OH excluding ortho intramolecular Hbond substituents is 1. The van der Waals surface area contributed by atoms with Crippen LogP contribution < -0.4 is 4.74 Å². The van der Waals surface area contributed by atoms with Crippen molar-refractivity contribution in [3.05, 3.63) is 41.0 Å². The Balaban J connectivity index is 2.35. The molecule has 1 aromatic rings. The van der Waals surface area contributed by atoms with Crippen LogP contribution >= 0.6 is 0 Å². The molecule has 0 aromatic heterocycles. The van der Waals surface area contributed by atoms with Gasteiger partial charge in [-0.25, -0.2) is 0 Å². The van der Waals surface area contributed by atoms with E-state index in [1.807, 2.05) is 26.8 Å². The standard InChI is InChI=1S/C21H30O2/c1-5-6-7-10-17-14-19(22)18-11-13-21(4,23-20(18)15-17)12-8-9-16(2)3/h9,11,13-15,22H,5-8,10,12H2,1-4H3/i1D3,5D2,6D2,7D2. The van der Waals surface area contributed by atoms with Gasteiger partial charge in [0.2, 0.25) is 0 Å². The zero-order valence-corrected chi connectivity index (χ0v) is 13.9. The molecule has 0 radical (unpaired) electrons. The maximum absolute atomic E-state index is 10.4. The largest absolute Gasteiger partial charge is 0.507 e. The number of allylic oxidation sites excluding steroid dienone is 2. The predicted octanol–water partition coefficient (Wildman–Crippen LogP) is 6.04. The lowest BCUT2D eigenvalue weighted by Gasteiger charge is -2.32. The molecule has 2 nitrogen and oxygen atoms in total. The van der Waals surface area contributed by atoms with Crippen LogP contribution in [-0.2, 0) is 6.42 Å². The summed E-state index contributed by atoms with van der Waals surface area (Å²) in [6.07, 6.45) is -3.21. The highest BCUT2D eigenvalue weighted by molar-refractivity contribution is 5.67. The molecule has 2 heteroatoms. The van der Waals surface area contributed by atoms with Gasteiger partial charge in [-0.2, -0.15) is 0 Å². The monoisotopic (exact) mass is 323 g/mol. The molecule has 1 aliphatic rings. The Kier molecular flexibility index (Phi) is 3.01. The van der Waals surface area contributed by atoms with Gasteiger partial charge in [-0.3, -0.25) is 0 Å². The maximum atomic E-state index is 10.4. The molecule has 1 aromatic carbocycles. The molecule has 1 unspecified atom stereocenters. The van der Waals surface area contributed by atoms with Gasteiger partial charge in [0.1, 0.15) is 17.1 Å². The summed E-state index contributed by atoms with van der Waals surface area (Å²) in [6, 6.07) is 2.74. The van der Waals surface area contributed by atoms with E-state index in [-0.39, 0.29) is 11.3 Å². The molecule has 0 saturated heterocycles. The fourth-order valence-corrected chi connectivity index (χ4v) is 2.54. The van der Waals surface area contributed by atoms with Crippen LogP contribution in [0.1, 0.15) is 83.0 Å². The van der Waals surface area contributed by atoms with E-state index in [1.165, 1.54) is 17.7 Å². The van der Waals surface area contributed by atoms with Crippen molar-refractivity contribution in [1.82, 2.24) is 0 Å². The Hall–Kier alpha value is -1.70. The zero-order chi connectivity index (χ0) is 24.8. The lowest BCUT2D eigenvalue weighted by atomic mass is 9.93. The highest BCUT2D eigenvalue weighted by Gasteiger charge is 2.28. The summed E-state index contributed by atoms with van der Waals surface area (Å²) in [5.41, 5.74) is 1.10. The summed E-state index contributed by atoms with van der Waals surface area (Å²) < 4.78 is 75.9. The second kappa shape index (κ2) is 7.72. The van der Waals surface area contributed by atoms with Gasteiger partial charge in [-0.05, 0) is 76.3 Å². The molecule has 1 atom stereocenters. The first-order chi connectivity index (χ1) is 14.3. The Bertz CT molecular complexity index is 913. The minimum Gasteiger partial charge on any atom is -0.507 e. The third-order valence-corrected chi connectivity index (χ3v) is 3.76. The lowest BCUT2D eigenvalue weighted by molar-refractivity contribution is 0.128. The van der Waals surface area contributed by atoms with Crippen LogP contribution in [0.15, 0.2) is 29.9 Å². The van der Waals surface area contributed by atoms with Crippen molar-refractivity contribution in [2.75, 3.05) is 0 Å². The minimum absolute atomic E-state index is 0.165. The zero-order valence-electron chi connectivity index (χ0n) is 22.9. The second-order valence-electron chi connectivity index (χ2n) is 6.20. The summed E-state index contributed by atoms with van der Waals surface area (Å²) in [4.78, 5) is 0. The molecule has 0 fully saturated rings. The highest BCUT2D eigenvalue weighted by Crippen LogP contribution is 2.39. The van der Waals surface area contributed by atoms with Crippen LogP contribution in [0.2, 0.25) is 0 Å². The summed E-state index contributed by atoms with van der Waals surface area (Å²) >= 11 is 0. The Labute approximate surface area is 153 Å². The van der Waals surface area contributed by atoms with Gasteiger partial charge < -0.3 is 9.84 Å². The molecule has 1 N–H and O–H groups in total. The first kappa shape index (κ1) is 8.96. The third kappa shape index (κ3) is 4.89. The van der Waals surface area contributed by atoms with Crippen LogP contribution in [0.3, 0.4) is 0 Å². The summed E-state index contributed by atoms with van der Waals surface area (Å²) in [6.45, 7) is 2.53. The number of hydrogen-bond donors (Lipinski definition) is 1. The van der Waals surface area contributed by atoms with E-state index in [2.05, 4.69) is 6.08 Å². The predicted molar refractivity (Wildman–Crippen MR) is 98.1 cm³/mol. The maximum Gasteiger partial charge on any atom is 0.131 e. The number of aryl methyl sites for hydroxylation is 1. The third-order valence-electron chi connectivity index (χ3n) is 3.76. The Morgan fingerprint density at radius 2 is 2.22 bits per heavy atom. The first-order valence-electron chi connectivity index (χ1n) is 12.2. The molecule has 0 amide bonds. The minimum atomic E-state index is -3.43. The fraction of sp³-hybridized carbons (Fsp3) is 0.524. The molecule has 0 saturated carbocycles. The first-order valence-corrected chi connectivity index (χ1v) is 7.70. The van der Waals surface area contributed by atoms with Crippen molar-refractivity contribution in [3.63, 3.8) is 0 Å². The van der Waals surface area contributed by atoms with Gasteiger partial charge in [0.25, 0.3) is 0 Å². The molecule has 0 bridgehead atoms. The number of ether oxygens (including phenoxy) is 1. The molecule has 23 heavy (non-hydrogen) atoms. The normalized spacial score (nSPS) is 27.3. The van der Waals surface area contributed by atoms with Crippen molar-refractivity contribution >= 4 is 6.08 Å². The number of fused-ring (bicyclic) bond motifs is 1. The quantitative estimate of drug-likeness (QED) is 0.620. The molecule has 1 aliphatic heterocycles. The molecular formula is C21H30O2. The second-order valence-corrected chi connectivity index (χ2v) is 6.20. The fourth-order valence-electron chi connectivity index (χ4n) is 2.54. The highest BCUT2D eigenvalue weighted by atomic mass is 16.5. The van der Waals surface area contributed by atoms with Crippen LogP contribution in [0.25, 0.3) is 6.08 Å².